The molecule has 0 saturated heterocycles. The zero-order valence-corrected chi connectivity index (χ0v) is 17.7. The molecule has 0 aromatic carbocycles. The first-order valence-corrected chi connectivity index (χ1v) is 11.0. The van der Waals surface area contributed by atoms with E-state index in [1.165, 1.54) is 38.4 Å². The number of methoxy groups -OCH3 is 1. The van der Waals surface area contributed by atoms with E-state index in [1.807, 2.05) is 6.08 Å². The normalized spacial score (nSPS) is 42.3. The lowest BCUT2D eigenvalue weighted by atomic mass is 9.49. The number of ketones is 1. The molecule has 3 nitrogen and oxygen atoms in total. The molecule has 4 rings (SSSR count). The van der Waals surface area contributed by atoms with Crippen molar-refractivity contribution in [3.63, 3.8) is 0 Å². The Hall–Kier alpha value is -1.64. The molecular formula is C25H34O3. The molecule has 152 valence electrons. The third-order valence-corrected chi connectivity index (χ3v) is 8.91. The van der Waals surface area contributed by atoms with E-state index in [2.05, 4.69) is 39.0 Å². The van der Waals surface area contributed by atoms with Crippen molar-refractivity contribution in [1.82, 2.24) is 0 Å². The van der Waals surface area contributed by atoms with E-state index in [0.29, 0.717) is 41.4 Å². The molecule has 0 heterocycles. The second-order valence-electron chi connectivity index (χ2n) is 10.1. The van der Waals surface area contributed by atoms with E-state index >= 15 is 0 Å². The molecule has 28 heavy (non-hydrogen) atoms. The van der Waals surface area contributed by atoms with Gasteiger partial charge in [-0.05, 0) is 84.8 Å². The molecule has 0 N–H and O–H groups in total. The number of hydrogen-bond donors (Lipinski definition) is 0. The Morgan fingerprint density at radius 2 is 2.00 bits per heavy atom. The highest BCUT2D eigenvalue weighted by Gasteiger charge is 2.58. The fraction of sp³-hybridized carbons (Fsp3) is 0.680. The zero-order valence-electron chi connectivity index (χ0n) is 17.7. The first-order chi connectivity index (χ1) is 13.3. The van der Waals surface area contributed by atoms with Crippen LogP contribution in [0.3, 0.4) is 0 Å². The molecule has 0 spiro atoms. The topological polar surface area (TPSA) is 43.4 Å². The highest BCUT2D eigenvalue weighted by Crippen LogP contribution is 2.65. The predicted molar refractivity (Wildman–Crippen MR) is 110 cm³/mol. The van der Waals surface area contributed by atoms with Gasteiger partial charge in [0.25, 0.3) is 0 Å². The van der Waals surface area contributed by atoms with Crippen molar-refractivity contribution in [2.75, 3.05) is 7.11 Å². The van der Waals surface area contributed by atoms with Gasteiger partial charge in [-0.3, -0.25) is 9.59 Å². The molecule has 2 fully saturated rings. The van der Waals surface area contributed by atoms with Gasteiger partial charge in [0, 0.05) is 11.8 Å². The molecule has 7 atom stereocenters. The highest BCUT2D eigenvalue weighted by molar-refractivity contribution is 6.01. The van der Waals surface area contributed by atoms with Crippen molar-refractivity contribution >= 4 is 11.8 Å². The molecule has 0 bridgehead atoms. The maximum absolute atomic E-state index is 11.9. The number of allylic oxidation sites excluding steroid dienone is 6. The van der Waals surface area contributed by atoms with Gasteiger partial charge < -0.3 is 4.74 Å². The smallest absolute Gasteiger partial charge is 0.305 e. The van der Waals surface area contributed by atoms with Gasteiger partial charge in [-0.25, -0.2) is 0 Å². The van der Waals surface area contributed by atoms with Crippen LogP contribution in [0.1, 0.15) is 59.3 Å². The molecule has 2 saturated carbocycles. The Labute approximate surface area is 169 Å². The average Bonchev–Trinajstić information content (AvgIpc) is 3.03. The summed E-state index contributed by atoms with van der Waals surface area (Å²) < 4.78 is 4.85. The Morgan fingerprint density at radius 3 is 2.75 bits per heavy atom. The largest absolute Gasteiger partial charge is 0.469 e. The van der Waals surface area contributed by atoms with Gasteiger partial charge >= 0.3 is 5.97 Å². The maximum Gasteiger partial charge on any atom is 0.305 e. The first-order valence-electron chi connectivity index (χ1n) is 11.0. The molecule has 0 radical (unpaired) electrons. The van der Waals surface area contributed by atoms with Crippen LogP contribution in [-0.2, 0) is 14.3 Å². The summed E-state index contributed by atoms with van der Waals surface area (Å²) in [5.74, 6) is 3.17. The summed E-state index contributed by atoms with van der Waals surface area (Å²) in [6, 6.07) is 0. The second-order valence-corrected chi connectivity index (χ2v) is 10.1. The van der Waals surface area contributed by atoms with E-state index < -0.39 is 0 Å². The lowest BCUT2D eigenvalue weighted by Gasteiger charge is -2.55. The van der Waals surface area contributed by atoms with E-state index in [-0.39, 0.29) is 17.2 Å². The Balaban J connectivity index is 1.56. The van der Waals surface area contributed by atoms with Crippen molar-refractivity contribution in [3.05, 3.63) is 36.0 Å². The molecule has 0 aliphatic heterocycles. The van der Waals surface area contributed by atoms with Crippen LogP contribution in [0.4, 0.5) is 0 Å². The quantitative estimate of drug-likeness (QED) is 0.622. The van der Waals surface area contributed by atoms with Crippen molar-refractivity contribution in [3.8, 4) is 0 Å². The lowest BCUT2D eigenvalue weighted by Crippen LogP contribution is -2.48. The zero-order chi connectivity index (χ0) is 20.1. The van der Waals surface area contributed by atoms with Crippen LogP contribution in [0.25, 0.3) is 0 Å². The van der Waals surface area contributed by atoms with Crippen LogP contribution >= 0.6 is 0 Å². The predicted octanol–water partition coefficient (Wildman–Crippen LogP) is 5.28. The van der Waals surface area contributed by atoms with Crippen LogP contribution < -0.4 is 0 Å². The van der Waals surface area contributed by atoms with Crippen LogP contribution in [0, 0.1) is 40.4 Å². The fourth-order valence-corrected chi connectivity index (χ4v) is 7.28. The molecule has 0 aromatic rings. The van der Waals surface area contributed by atoms with Gasteiger partial charge in [0.15, 0.2) is 5.78 Å². The van der Waals surface area contributed by atoms with Crippen LogP contribution in [0.5, 0.6) is 0 Å². The van der Waals surface area contributed by atoms with Crippen molar-refractivity contribution in [2.24, 2.45) is 40.4 Å². The van der Waals surface area contributed by atoms with E-state index in [4.69, 9.17) is 4.74 Å². The third kappa shape index (κ3) is 2.93. The molecular weight excluding hydrogens is 348 g/mol. The molecule has 0 aromatic heterocycles. The van der Waals surface area contributed by atoms with E-state index in [1.54, 1.807) is 6.08 Å². The molecule has 3 heteroatoms. The van der Waals surface area contributed by atoms with Gasteiger partial charge in [0.2, 0.25) is 0 Å². The lowest BCUT2D eigenvalue weighted by molar-refractivity contribution is -0.141. The van der Waals surface area contributed by atoms with Crippen molar-refractivity contribution in [2.45, 2.75) is 59.3 Å². The van der Waals surface area contributed by atoms with Crippen molar-refractivity contribution in [1.29, 1.82) is 0 Å². The number of carbonyl (C=O) groups is 2. The maximum atomic E-state index is 11.9. The monoisotopic (exact) mass is 382 g/mol. The second kappa shape index (κ2) is 7.00. The highest BCUT2D eigenvalue weighted by atomic mass is 16.5. The van der Waals surface area contributed by atoms with Crippen LogP contribution in [0.15, 0.2) is 36.0 Å². The Kier molecular flexibility index (Phi) is 4.92. The van der Waals surface area contributed by atoms with E-state index in [9.17, 15) is 9.59 Å². The first kappa shape index (κ1) is 19.7. The minimum atomic E-state index is -0.0867. The fourth-order valence-electron chi connectivity index (χ4n) is 7.28. The van der Waals surface area contributed by atoms with Crippen LogP contribution in [-0.4, -0.2) is 18.9 Å². The summed E-state index contributed by atoms with van der Waals surface area (Å²) in [6.45, 7) is 7.18. The third-order valence-electron chi connectivity index (χ3n) is 8.91. The minimum Gasteiger partial charge on any atom is -0.469 e. The van der Waals surface area contributed by atoms with Gasteiger partial charge in [-0.15, -0.1) is 0 Å². The average molecular weight is 383 g/mol. The SMILES string of the molecule is COC(=O)CC[C@@H](C)[C@H]1CC[C@H]2[C@@H]3C=CC4=CC(=O)C=C[C@]4(C)[C@H]3CC[C@]12C. The number of esters is 1. The summed E-state index contributed by atoms with van der Waals surface area (Å²) in [5, 5.41) is 0. The van der Waals surface area contributed by atoms with Crippen LogP contribution in [0.2, 0.25) is 0 Å². The summed E-state index contributed by atoms with van der Waals surface area (Å²) in [6.07, 6.45) is 17.0. The Morgan fingerprint density at radius 1 is 1.21 bits per heavy atom. The van der Waals surface area contributed by atoms with Gasteiger partial charge in [0.1, 0.15) is 0 Å². The summed E-state index contributed by atoms with van der Waals surface area (Å²) in [4.78, 5) is 23.5. The minimum absolute atomic E-state index is 0.00322. The Bertz CT molecular complexity index is 760. The van der Waals surface area contributed by atoms with Gasteiger partial charge in [0.05, 0.1) is 7.11 Å². The standard InChI is InChI=1S/C25H34O3/c1-16(5-10-23(27)28-4)20-8-9-21-19-7-6-17-15-18(26)11-13-24(17,2)22(19)12-14-25(20,21)3/h6-7,11,13,15-16,19-22H,5,8-10,12,14H2,1-4H3/t16-,19+,20-,21+,22+,24+,25-/m1/s1. The number of hydrogen-bond acceptors (Lipinski definition) is 3. The van der Waals surface area contributed by atoms with Crippen molar-refractivity contribution < 1.29 is 14.3 Å². The number of carbonyl (C=O) groups excluding carboxylic acids is 2. The van der Waals surface area contributed by atoms with E-state index in [0.717, 1.165) is 6.42 Å². The van der Waals surface area contributed by atoms with Gasteiger partial charge in [-0.1, -0.05) is 39.0 Å². The molecule has 0 amide bonds. The number of fused-ring (bicyclic) bond motifs is 5. The summed E-state index contributed by atoms with van der Waals surface area (Å²) in [5.41, 5.74) is 1.56. The summed E-state index contributed by atoms with van der Waals surface area (Å²) in [7, 11) is 1.48. The summed E-state index contributed by atoms with van der Waals surface area (Å²) >= 11 is 0. The number of ether oxygens (including phenoxy) is 1. The van der Waals surface area contributed by atoms with Gasteiger partial charge in [-0.2, -0.15) is 0 Å². The molecule has 0 unspecified atom stereocenters. The molecule has 4 aliphatic rings. The number of rotatable bonds is 4. The molecule has 4 aliphatic carbocycles.